The summed E-state index contributed by atoms with van der Waals surface area (Å²) < 4.78 is 0. The molecule has 0 saturated carbocycles. The SMILES string of the molecule is CC[C@H](C)[C@@H](O)C(=O)NC1CCN(Cc2ccccc2)C1. The first-order chi connectivity index (χ1) is 10.1. The summed E-state index contributed by atoms with van der Waals surface area (Å²) in [5.41, 5.74) is 1.30. The van der Waals surface area contributed by atoms with Crippen LogP contribution in [0.5, 0.6) is 0 Å². The number of rotatable bonds is 6. The molecule has 0 aromatic heterocycles. The lowest BCUT2D eigenvalue weighted by atomic mass is 10.0. The van der Waals surface area contributed by atoms with Crippen LogP contribution in [0.2, 0.25) is 0 Å². The molecule has 1 saturated heterocycles. The van der Waals surface area contributed by atoms with Crippen LogP contribution in [0.3, 0.4) is 0 Å². The summed E-state index contributed by atoms with van der Waals surface area (Å²) in [6, 6.07) is 10.5. The highest BCUT2D eigenvalue weighted by molar-refractivity contribution is 5.81. The van der Waals surface area contributed by atoms with E-state index in [0.717, 1.165) is 32.5 Å². The minimum absolute atomic E-state index is 0.00632. The van der Waals surface area contributed by atoms with E-state index in [1.807, 2.05) is 32.0 Å². The van der Waals surface area contributed by atoms with E-state index in [1.54, 1.807) is 0 Å². The van der Waals surface area contributed by atoms with Crippen molar-refractivity contribution in [3.63, 3.8) is 0 Å². The van der Waals surface area contributed by atoms with Crippen molar-refractivity contribution in [1.29, 1.82) is 0 Å². The number of aliphatic hydroxyl groups is 1. The van der Waals surface area contributed by atoms with Crippen molar-refractivity contribution in [3.8, 4) is 0 Å². The lowest BCUT2D eigenvalue weighted by Crippen LogP contribution is -2.44. The molecule has 1 fully saturated rings. The van der Waals surface area contributed by atoms with Crippen molar-refractivity contribution in [1.82, 2.24) is 10.2 Å². The topological polar surface area (TPSA) is 52.6 Å². The number of benzene rings is 1. The fourth-order valence-electron chi connectivity index (χ4n) is 2.70. The van der Waals surface area contributed by atoms with Gasteiger partial charge < -0.3 is 10.4 Å². The summed E-state index contributed by atoms with van der Waals surface area (Å²) in [6.07, 6.45) is 0.865. The lowest BCUT2D eigenvalue weighted by molar-refractivity contribution is -0.132. The Morgan fingerprint density at radius 3 is 2.81 bits per heavy atom. The van der Waals surface area contributed by atoms with E-state index in [9.17, 15) is 9.90 Å². The van der Waals surface area contributed by atoms with Crippen LogP contribution in [0.1, 0.15) is 32.3 Å². The highest BCUT2D eigenvalue weighted by Crippen LogP contribution is 2.14. The van der Waals surface area contributed by atoms with E-state index in [1.165, 1.54) is 5.56 Å². The van der Waals surface area contributed by atoms with Crippen LogP contribution in [0.15, 0.2) is 30.3 Å². The molecule has 0 radical (unpaired) electrons. The second-order valence-electron chi connectivity index (χ2n) is 6.05. The number of hydrogen-bond donors (Lipinski definition) is 2. The van der Waals surface area contributed by atoms with E-state index in [0.29, 0.717) is 0 Å². The quantitative estimate of drug-likeness (QED) is 0.840. The van der Waals surface area contributed by atoms with Gasteiger partial charge in [0.05, 0.1) is 0 Å². The molecule has 1 aromatic rings. The summed E-state index contributed by atoms with van der Waals surface area (Å²) in [5.74, 6) is -0.220. The number of carbonyl (C=O) groups is 1. The van der Waals surface area contributed by atoms with Crippen LogP contribution < -0.4 is 5.32 Å². The Balaban J connectivity index is 1.79. The van der Waals surface area contributed by atoms with Crippen LogP contribution in [0.4, 0.5) is 0 Å². The first kappa shape index (κ1) is 16.0. The van der Waals surface area contributed by atoms with E-state index >= 15 is 0 Å². The zero-order valence-electron chi connectivity index (χ0n) is 13.0. The Kier molecular flexibility index (Phi) is 5.76. The minimum Gasteiger partial charge on any atom is -0.383 e. The second kappa shape index (κ2) is 7.57. The standard InChI is InChI=1S/C17H26N2O2/c1-3-13(2)16(20)17(21)18-15-9-10-19(12-15)11-14-7-5-4-6-8-14/h4-8,13,15-16,20H,3,9-12H2,1-2H3,(H,18,21)/t13-,15?,16+/m0/s1. The molecule has 1 aliphatic heterocycles. The highest BCUT2D eigenvalue weighted by Gasteiger charge is 2.27. The van der Waals surface area contributed by atoms with E-state index < -0.39 is 6.10 Å². The van der Waals surface area contributed by atoms with Gasteiger partial charge in [0.15, 0.2) is 0 Å². The predicted molar refractivity (Wildman–Crippen MR) is 83.7 cm³/mol. The number of hydrogen-bond acceptors (Lipinski definition) is 3. The molecule has 1 aliphatic rings. The van der Waals surface area contributed by atoms with E-state index in [4.69, 9.17) is 0 Å². The zero-order chi connectivity index (χ0) is 15.2. The van der Waals surface area contributed by atoms with Crippen LogP contribution in [-0.4, -0.2) is 41.1 Å². The summed E-state index contributed by atoms with van der Waals surface area (Å²) in [4.78, 5) is 14.3. The number of carbonyl (C=O) groups excluding carboxylic acids is 1. The summed E-state index contributed by atoms with van der Waals surface area (Å²) >= 11 is 0. The molecule has 4 nitrogen and oxygen atoms in total. The Hall–Kier alpha value is -1.39. The van der Waals surface area contributed by atoms with Gasteiger partial charge in [0, 0.05) is 25.7 Å². The van der Waals surface area contributed by atoms with Gasteiger partial charge in [-0.15, -0.1) is 0 Å². The van der Waals surface area contributed by atoms with Gasteiger partial charge in [-0.1, -0.05) is 50.6 Å². The second-order valence-corrected chi connectivity index (χ2v) is 6.05. The van der Waals surface area contributed by atoms with E-state index in [-0.39, 0.29) is 17.9 Å². The van der Waals surface area contributed by atoms with Gasteiger partial charge in [-0.2, -0.15) is 0 Å². The molecule has 2 rings (SSSR count). The molecule has 116 valence electrons. The average molecular weight is 290 g/mol. The maximum absolute atomic E-state index is 12.0. The van der Waals surface area contributed by atoms with Crippen LogP contribution in [0.25, 0.3) is 0 Å². The summed E-state index contributed by atoms with van der Waals surface area (Å²) in [7, 11) is 0. The zero-order valence-corrected chi connectivity index (χ0v) is 13.0. The van der Waals surface area contributed by atoms with Gasteiger partial charge in [0.1, 0.15) is 6.10 Å². The fraction of sp³-hybridized carbons (Fsp3) is 0.588. The molecular weight excluding hydrogens is 264 g/mol. The van der Waals surface area contributed by atoms with Crippen molar-refractivity contribution in [2.45, 2.75) is 45.4 Å². The third-order valence-corrected chi connectivity index (χ3v) is 4.32. The van der Waals surface area contributed by atoms with Gasteiger partial charge in [0.2, 0.25) is 5.91 Å². The predicted octanol–water partition coefficient (Wildman–Crippen LogP) is 1.78. The smallest absolute Gasteiger partial charge is 0.249 e. The van der Waals surface area contributed by atoms with Gasteiger partial charge in [-0.05, 0) is 17.9 Å². The molecule has 1 aromatic carbocycles. The van der Waals surface area contributed by atoms with Crippen LogP contribution in [-0.2, 0) is 11.3 Å². The molecule has 3 atom stereocenters. The summed E-state index contributed by atoms with van der Waals surface area (Å²) in [6.45, 7) is 6.65. The largest absolute Gasteiger partial charge is 0.383 e. The first-order valence-corrected chi connectivity index (χ1v) is 7.85. The average Bonchev–Trinajstić information content (AvgIpc) is 2.93. The Labute approximate surface area is 127 Å². The van der Waals surface area contributed by atoms with Gasteiger partial charge >= 0.3 is 0 Å². The maximum atomic E-state index is 12.0. The number of amides is 1. The minimum atomic E-state index is -0.891. The number of aliphatic hydroxyl groups excluding tert-OH is 1. The maximum Gasteiger partial charge on any atom is 0.249 e. The molecule has 1 heterocycles. The molecule has 2 N–H and O–H groups in total. The van der Waals surface area contributed by atoms with Crippen molar-refractivity contribution >= 4 is 5.91 Å². The third-order valence-electron chi connectivity index (χ3n) is 4.32. The van der Waals surface area contributed by atoms with E-state index in [2.05, 4.69) is 22.3 Å². The summed E-state index contributed by atoms with van der Waals surface area (Å²) in [5, 5.41) is 12.9. The number of nitrogens with zero attached hydrogens (tertiary/aromatic N) is 1. The molecule has 1 unspecified atom stereocenters. The normalized spacial score (nSPS) is 22.0. The van der Waals surface area contributed by atoms with Crippen molar-refractivity contribution < 1.29 is 9.90 Å². The third kappa shape index (κ3) is 4.55. The monoisotopic (exact) mass is 290 g/mol. The molecule has 0 spiro atoms. The van der Waals surface area contributed by atoms with Gasteiger partial charge in [0.25, 0.3) is 0 Å². The van der Waals surface area contributed by atoms with Crippen molar-refractivity contribution in [3.05, 3.63) is 35.9 Å². The molecular formula is C17H26N2O2. The Morgan fingerprint density at radius 1 is 1.43 bits per heavy atom. The Bertz CT molecular complexity index is 449. The molecule has 21 heavy (non-hydrogen) atoms. The van der Waals surface area contributed by atoms with Crippen LogP contribution in [0, 0.1) is 5.92 Å². The Morgan fingerprint density at radius 2 is 2.14 bits per heavy atom. The molecule has 0 aliphatic carbocycles. The molecule has 0 bridgehead atoms. The number of likely N-dealkylation sites (tertiary alicyclic amines) is 1. The fourth-order valence-corrected chi connectivity index (χ4v) is 2.70. The molecule has 4 heteroatoms. The van der Waals surface area contributed by atoms with Gasteiger partial charge in [-0.25, -0.2) is 0 Å². The van der Waals surface area contributed by atoms with Gasteiger partial charge in [-0.3, -0.25) is 9.69 Å². The lowest BCUT2D eigenvalue weighted by Gasteiger charge is -2.20. The number of nitrogens with one attached hydrogen (secondary N) is 1. The van der Waals surface area contributed by atoms with Crippen LogP contribution >= 0.6 is 0 Å². The molecule has 1 amide bonds. The highest BCUT2D eigenvalue weighted by atomic mass is 16.3. The van der Waals surface area contributed by atoms with Crippen molar-refractivity contribution in [2.75, 3.05) is 13.1 Å². The first-order valence-electron chi connectivity index (χ1n) is 7.85. The van der Waals surface area contributed by atoms with Crippen molar-refractivity contribution in [2.24, 2.45) is 5.92 Å².